The molecule has 0 bridgehead atoms. The minimum absolute atomic E-state index is 0.848. The molecule has 0 N–H and O–H groups in total. The Balaban J connectivity index is 1.77. The molecule has 16 heavy (non-hydrogen) atoms. The van der Waals surface area contributed by atoms with Crippen molar-refractivity contribution < 1.29 is 4.74 Å². The predicted molar refractivity (Wildman–Crippen MR) is 63.5 cm³/mol. The van der Waals surface area contributed by atoms with Gasteiger partial charge in [0.2, 0.25) is 0 Å². The van der Waals surface area contributed by atoms with E-state index in [2.05, 4.69) is 31.8 Å². The maximum Gasteiger partial charge on any atom is 0.105 e. The van der Waals surface area contributed by atoms with E-state index in [9.17, 15) is 0 Å². The number of ether oxygens (including phenoxy) is 1. The van der Waals surface area contributed by atoms with Gasteiger partial charge in [0, 0.05) is 19.6 Å². The largest absolute Gasteiger partial charge is 0.379 e. The number of fused-ring (bicyclic) bond motifs is 1. The van der Waals surface area contributed by atoms with E-state index in [0.29, 0.717) is 0 Å². The quantitative estimate of drug-likeness (QED) is 0.791. The fraction of sp³-hybridized carbons (Fsp3) is 0.455. The third-order valence-corrected chi connectivity index (χ3v) is 3.38. The van der Waals surface area contributed by atoms with E-state index in [4.69, 9.17) is 4.74 Å². The van der Waals surface area contributed by atoms with E-state index < -0.39 is 0 Å². The Bertz CT molecular complexity index is 479. The third kappa shape index (κ3) is 2.07. The molecule has 0 atom stereocenters. The topological polar surface area (TPSA) is 38.2 Å². The summed E-state index contributed by atoms with van der Waals surface area (Å²) in [5.74, 6) is 0. The molecule has 0 radical (unpaired) electrons. The molecule has 1 aromatic carbocycles. The Morgan fingerprint density at radius 1 is 1.19 bits per heavy atom. The van der Waals surface area contributed by atoms with Crippen molar-refractivity contribution in [3.8, 4) is 0 Å². The summed E-state index contributed by atoms with van der Waals surface area (Å²) in [5, 5.41) is 0. The van der Waals surface area contributed by atoms with Crippen molar-refractivity contribution in [1.82, 2.24) is 13.6 Å². The number of hydrogen-bond acceptors (Lipinski definition) is 5. The summed E-state index contributed by atoms with van der Waals surface area (Å²) >= 11 is 1.27. The van der Waals surface area contributed by atoms with Gasteiger partial charge in [0.15, 0.2) is 0 Å². The Morgan fingerprint density at radius 2 is 2.00 bits per heavy atom. The molecule has 0 aliphatic carbocycles. The van der Waals surface area contributed by atoms with Crippen LogP contribution in [-0.2, 0) is 11.3 Å². The zero-order valence-electron chi connectivity index (χ0n) is 8.93. The number of aromatic nitrogens is 2. The summed E-state index contributed by atoms with van der Waals surface area (Å²) in [6, 6.07) is 6.32. The van der Waals surface area contributed by atoms with Crippen LogP contribution >= 0.6 is 11.7 Å². The lowest BCUT2D eigenvalue weighted by Gasteiger charge is -2.26. The molecule has 0 unspecified atom stereocenters. The van der Waals surface area contributed by atoms with Crippen molar-refractivity contribution in [3.05, 3.63) is 23.8 Å². The molecule has 4 nitrogen and oxygen atoms in total. The van der Waals surface area contributed by atoms with Crippen LogP contribution in [0.4, 0.5) is 0 Å². The summed E-state index contributed by atoms with van der Waals surface area (Å²) in [4.78, 5) is 2.41. The minimum atomic E-state index is 0.848. The van der Waals surface area contributed by atoms with Crippen molar-refractivity contribution >= 4 is 22.8 Å². The first-order valence-corrected chi connectivity index (χ1v) is 6.16. The van der Waals surface area contributed by atoms with Crippen LogP contribution < -0.4 is 0 Å². The zero-order chi connectivity index (χ0) is 10.8. The van der Waals surface area contributed by atoms with Gasteiger partial charge in [0.25, 0.3) is 0 Å². The number of rotatable bonds is 2. The maximum atomic E-state index is 5.33. The Labute approximate surface area is 98.2 Å². The molecule has 3 rings (SSSR count). The van der Waals surface area contributed by atoms with Gasteiger partial charge in [-0.05, 0) is 17.7 Å². The minimum Gasteiger partial charge on any atom is -0.379 e. The van der Waals surface area contributed by atoms with Gasteiger partial charge in [-0.25, -0.2) is 0 Å². The number of hydrogen-bond donors (Lipinski definition) is 0. The highest BCUT2D eigenvalue weighted by atomic mass is 32.1. The first-order chi connectivity index (χ1) is 7.92. The van der Waals surface area contributed by atoms with Gasteiger partial charge < -0.3 is 4.74 Å². The second-order valence-electron chi connectivity index (χ2n) is 3.98. The second kappa shape index (κ2) is 4.45. The van der Waals surface area contributed by atoms with E-state index in [1.54, 1.807) is 0 Å². The maximum absolute atomic E-state index is 5.33. The second-order valence-corrected chi connectivity index (χ2v) is 4.50. The first-order valence-electron chi connectivity index (χ1n) is 5.43. The van der Waals surface area contributed by atoms with Crippen LogP contribution in [0.25, 0.3) is 11.0 Å². The number of nitrogens with zero attached hydrogens (tertiary/aromatic N) is 3. The highest BCUT2D eigenvalue weighted by Gasteiger charge is 2.11. The van der Waals surface area contributed by atoms with Crippen LogP contribution in [0.3, 0.4) is 0 Å². The monoisotopic (exact) mass is 235 g/mol. The molecule has 2 aromatic rings. The van der Waals surface area contributed by atoms with E-state index in [1.807, 2.05) is 0 Å². The molecule has 0 saturated carbocycles. The molecule has 2 heterocycles. The average Bonchev–Trinajstić information content (AvgIpc) is 2.77. The van der Waals surface area contributed by atoms with E-state index >= 15 is 0 Å². The van der Waals surface area contributed by atoms with Crippen molar-refractivity contribution in [2.24, 2.45) is 0 Å². The van der Waals surface area contributed by atoms with E-state index in [1.165, 1.54) is 17.3 Å². The number of benzene rings is 1. The molecule has 0 spiro atoms. The number of morpholine rings is 1. The normalized spacial score (nSPS) is 18.0. The fourth-order valence-corrected chi connectivity index (χ4v) is 2.46. The lowest BCUT2D eigenvalue weighted by Crippen LogP contribution is -2.35. The SMILES string of the molecule is c1cc2nsnc2cc1CN1CCOCC1. The molecule has 5 heteroatoms. The van der Waals surface area contributed by atoms with Crippen LogP contribution in [0.1, 0.15) is 5.56 Å². The summed E-state index contributed by atoms with van der Waals surface area (Å²) in [6.45, 7) is 4.72. The summed E-state index contributed by atoms with van der Waals surface area (Å²) in [5.41, 5.74) is 3.31. The average molecular weight is 235 g/mol. The van der Waals surface area contributed by atoms with Crippen molar-refractivity contribution in [2.45, 2.75) is 6.54 Å². The predicted octanol–water partition coefficient (Wildman–Crippen LogP) is 1.52. The van der Waals surface area contributed by atoms with E-state index in [0.717, 1.165) is 43.9 Å². The van der Waals surface area contributed by atoms with Crippen LogP contribution in [0.2, 0.25) is 0 Å². The molecule has 1 fully saturated rings. The summed E-state index contributed by atoms with van der Waals surface area (Å²) in [6.07, 6.45) is 0. The molecule has 84 valence electrons. The highest BCUT2D eigenvalue weighted by Crippen LogP contribution is 2.15. The Hall–Kier alpha value is -1.04. The third-order valence-electron chi connectivity index (χ3n) is 2.83. The summed E-state index contributed by atoms with van der Waals surface area (Å²) < 4.78 is 13.8. The molecular formula is C11H13N3OS. The lowest BCUT2D eigenvalue weighted by atomic mass is 10.2. The Kier molecular flexibility index (Phi) is 2.82. The van der Waals surface area contributed by atoms with Gasteiger partial charge in [-0.1, -0.05) is 6.07 Å². The van der Waals surface area contributed by atoms with Gasteiger partial charge in [0.05, 0.1) is 24.9 Å². The smallest absolute Gasteiger partial charge is 0.105 e. The Morgan fingerprint density at radius 3 is 2.88 bits per heavy atom. The van der Waals surface area contributed by atoms with Gasteiger partial charge in [-0.15, -0.1) is 0 Å². The van der Waals surface area contributed by atoms with Crippen LogP contribution in [0.5, 0.6) is 0 Å². The van der Waals surface area contributed by atoms with Crippen molar-refractivity contribution in [3.63, 3.8) is 0 Å². The van der Waals surface area contributed by atoms with Crippen LogP contribution in [0, 0.1) is 0 Å². The van der Waals surface area contributed by atoms with Gasteiger partial charge in [-0.3, -0.25) is 4.90 Å². The lowest BCUT2D eigenvalue weighted by molar-refractivity contribution is 0.0342. The zero-order valence-corrected chi connectivity index (χ0v) is 9.74. The van der Waals surface area contributed by atoms with E-state index in [-0.39, 0.29) is 0 Å². The van der Waals surface area contributed by atoms with Gasteiger partial charge in [0.1, 0.15) is 11.0 Å². The molecular weight excluding hydrogens is 222 g/mol. The molecule has 1 saturated heterocycles. The molecule has 1 aliphatic heterocycles. The van der Waals surface area contributed by atoms with Crippen molar-refractivity contribution in [2.75, 3.05) is 26.3 Å². The van der Waals surface area contributed by atoms with Gasteiger partial charge in [-0.2, -0.15) is 8.75 Å². The molecule has 0 amide bonds. The fourth-order valence-electron chi connectivity index (χ4n) is 1.94. The van der Waals surface area contributed by atoms with Gasteiger partial charge >= 0.3 is 0 Å². The first kappa shape index (κ1) is 10.1. The highest BCUT2D eigenvalue weighted by molar-refractivity contribution is 7.00. The van der Waals surface area contributed by atoms with Crippen molar-refractivity contribution in [1.29, 1.82) is 0 Å². The standard InChI is InChI=1S/C11H13N3OS/c1-2-10-11(13-16-12-10)7-9(1)8-14-3-5-15-6-4-14/h1-2,7H,3-6,8H2. The molecule has 1 aliphatic rings. The molecule has 1 aromatic heterocycles. The van der Waals surface area contributed by atoms with Crippen LogP contribution in [0.15, 0.2) is 18.2 Å². The van der Waals surface area contributed by atoms with Crippen LogP contribution in [-0.4, -0.2) is 40.0 Å². The summed E-state index contributed by atoms with van der Waals surface area (Å²) in [7, 11) is 0.